The maximum atomic E-state index is 12.7. The van der Waals surface area contributed by atoms with Crippen LogP contribution in [0, 0.1) is 20.8 Å². The summed E-state index contributed by atoms with van der Waals surface area (Å²) in [7, 11) is 1.77. The Morgan fingerprint density at radius 3 is 2.52 bits per heavy atom. The van der Waals surface area contributed by atoms with Crippen LogP contribution in [-0.4, -0.2) is 37.1 Å². The molecule has 5 nitrogen and oxygen atoms in total. The van der Waals surface area contributed by atoms with Crippen LogP contribution in [0.3, 0.4) is 0 Å². The molecule has 23 heavy (non-hydrogen) atoms. The van der Waals surface area contributed by atoms with E-state index in [2.05, 4.69) is 0 Å². The van der Waals surface area contributed by atoms with Gasteiger partial charge in [0.05, 0.1) is 12.1 Å². The highest BCUT2D eigenvalue weighted by Gasteiger charge is 2.27. The Kier molecular flexibility index (Phi) is 4.03. The minimum absolute atomic E-state index is 0.0562. The standard InChI is InChI=1S/C18H21NO4/c1-11-12(2)22-13(3)17(11)18(20)19(4)9-14-10-21-15-7-5-6-8-16(15)23-14/h5-8,14H,9-10H2,1-4H3. The second-order valence-corrected chi connectivity index (χ2v) is 5.90. The maximum absolute atomic E-state index is 12.7. The van der Waals surface area contributed by atoms with Gasteiger partial charge in [0.15, 0.2) is 17.6 Å². The lowest BCUT2D eigenvalue weighted by atomic mass is 10.1. The molecule has 5 heteroatoms. The summed E-state index contributed by atoms with van der Waals surface area (Å²) < 4.78 is 17.2. The normalized spacial score (nSPS) is 16.3. The molecule has 122 valence electrons. The van der Waals surface area contributed by atoms with Gasteiger partial charge in [-0.15, -0.1) is 0 Å². The molecule has 3 rings (SSSR count). The first-order valence-electron chi connectivity index (χ1n) is 7.68. The summed E-state index contributed by atoms with van der Waals surface area (Å²) in [6, 6.07) is 7.56. The Labute approximate surface area is 135 Å². The molecular formula is C18H21NO4. The van der Waals surface area contributed by atoms with E-state index in [1.165, 1.54) is 0 Å². The first-order chi connectivity index (χ1) is 11.0. The number of benzene rings is 1. The third-order valence-electron chi connectivity index (χ3n) is 4.17. The average Bonchev–Trinajstić information content (AvgIpc) is 2.79. The SMILES string of the molecule is Cc1oc(C)c(C(=O)N(C)CC2COc3ccccc3O2)c1C. The number of aryl methyl sites for hydroxylation is 2. The predicted molar refractivity (Wildman–Crippen MR) is 86.2 cm³/mol. The smallest absolute Gasteiger partial charge is 0.257 e. The quantitative estimate of drug-likeness (QED) is 0.873. The predicted octanol–water partition coefficient (Wildman–Crippen LogP) is 3.12. The summed E-state index contributed by atoms with van der Waals surface area (Å²) in [4.78, 5) is 14.3. The Morgan fingerprint density at radius 1 is 1.17 bits per heavy atom. The van der Waals surface area contributed by atoms with Crippen molar-refractivity contribution in [2.24, 2.45) is 0 Å². The van der Waals surface area contributed by atoms with Crippen LogP contribution < -0.4 is 9.47 Å². The lowest BCUT2D eigenvalue weighted by Crippen LogP contribution is -2.42. The number of hydrogen-bond acceptors (Lipinski definition) is 4. The van der Waals surface area contributed by atoms with Gasteiger partial charge in [-0.2, -0.15) is 0 Å². The van der Waals surface area contributed by atoms with Crippen molar-refractivity contribution in [3.05, 3.63) is 46.9 Å². The Morgan fingerprint density at radius 2 is 1.87 bits per heavy atom. The summed E-state index contributed by atoms with van der Waals surface area (Å²) in [6.45, 7) is 6.47. The van der Waals surface area contributed by atoms with Gasteiger partial charge in [-0.1, -0.05) is 12.1 Å². The summed E-state index contributed by atoms with van der Waals surface area (Å²) in [6.07, 6.45) is -0.188. The zero-order valence-electron chi connectivity index (χ0n) is 13.9. The maximum Gasteiger partial charge on any atom is 0.257 e. The van der Waals surface area contributed by atoms with Gasteiger partial charge in [-0.05, 0) is 32.9 Å². The van der Waals surface area contributed by atoms with E-state index in [0.29, 0.717) is 24.5 Å². The fourth-order valence-corrected chi connectivity index (χ4v) is 2.84. The molecule has 2 heterocycles. The number of hydrogen-bond donors (Lipinski definition) is 0. The number of fused-ring (bicyclic) bond motifs is 1. The number of rotatable bonds is 3. The van der Waals surface area contributed by atoms with E-state index in [1.807, 2.05) is 45.0 Å². The van der Waals surface area contributed by atoms with Gasteiger partial charge >= 0.3 is 0 Å². The van der Waals surface area contributed by atoms with Crippen molar-refractivity contribution in [3.8, 4) is 11.5 Å². The number of carbonyl (C=O) groups excluding carboxylic acids is 1. The van der Waals surface area contributed by atoms with Crippen molar-refractivity contribution >= 4 is 5.91 Å². The lowest BCUT2D eigenvalue weighted by Gasteiger charge is -2.29. The second kappa shape index (κ2) is 5.99. The number of carbonyl (C=O) groups is 1. The lowest BCUT2D eigenvalue weighted by molar-refractivity contribution is 0.0519. The molecule has 1 aliphatic heterocycles. The number of para-hydroxylation sites is 2. The highest BCUT2D eigenvalue weighted by molar-refractivity contribution is 5.96. The van der Waals surface area contributed by atoms with Crippen LogP contribution in [0.15, 0.2) is 28.7 Å². The number of amides is 1. The largest absolute Gasteiger partial charge is 0.486 e. The van der Waals surface area contributed by atoms with Crippen LogP contribution in [0.25, 0.3) is 0 Å². The van der Waals surface area contributed by atoms with E-state index in [4.69, 9.17) is 13.9 Å². The minimum atomic E-state index is -0.188. The number of nitrogens with zero attached hydrogens (tertiary/aromatic N) is 1. The molecule has 1 amide bonds. The van der Waals surface area contributed by atoms with Gasteiger partial charge in [0.1, 0.15) is 18.1 Å². The summed E-state index contributed by atoms with van der Waals surface area (Å²) in [5.74, 6) is 2.85. The van der Waals surface area contributed by atoms with Gasteiger partial charge in [0.2, 0.25) is 0 Å². The van der Waals surface area contributed by atoms with Crippen molar-refractivity contribution in [1.82, 2.24) is 4.90 Å². The van der Waals surface area contributed by atoms with Gasteiger partial charge < -0.3 is 18.8 Å². The molecule has 0 fully saturated rings. The third kappa shape index (κ3) is 2.91. The molecule has 1 aliphatic rings. The van der Waals surface area contributed by atoms with E-state index >= 15 is 0 Å². The van der Waals surface area contributed by atoms with Crippen LogP contribution in [0.1, 0.15) is 27.4 Å². The van der Waals surface area contributed by atoms with E-state index in [0.717, 1.165) is 22.8 Å². The molecule has 0 radical (unpaired) electrons. The second-order valence-electron chi connectivity index (χ2n) is 5.90. The van der Waals surface area contributed by atoms with Gasteiger partial charge in [0, 0.05) is 12.6 Å². The molecule has 0 N–H and O–H groups in total. The monoisotopic (exact) mass is 315 g/mol. The number of ether oxygens (including phenoxy) is 2. The highest BCUT2D eigenvalue weighted by atomic mass is 16.6. The van der Waals surface area contributed by atoms with Crippen molar-refractivity contribution < 1.29 is 18.7 Å². The van der Waals surface area contributed by atoms with Crippen molar-refractivity contribution in [2.45, 2.75) is 26.9 Å². The summed E-state index contributed by atoms with van der Waals surface area (Å²) >= 11 is 0. The molecule has 0 spiro atoms. The van der Waals surface area contributed by atoms with Crippen molar-refractivity contribution in [3.63, 3.8) is 0 Å². The molecule has 2 aromatic rings. The molecular weight excluding hydrogens is 294 g/mol. The fourth-order valence-electron chi connectivity index (χ4n) is 2.84. The molecule has 0 bridgehead atoms. The number of furan rings is 1. The molecule has 1 aromatic carbocycles. The average molecular weight is 315 g/mol. The summed E-state index contributed by atoms with van der Waals surface area (Å²) in [5.41, 5.74) is 1.53. The molecule has 1 unspecified atom stereocenters. The van der Waals surface area contributed by atoms with E-state index in [9.17, 15) is 4.79 Å². The zero-order valence-corrected chi connectivity index (χ0v) is 13.9. The van der Waals surface area contributed by atoms with Crippen molar-refractivity contribution in [1.29, 1.82) is 0 Å². The van der Waals surface area contributed by atoms with Gasteiger partial charge in [-0.25, -0.2) is 0 Å². The third-order valence-corrected chi connectivity index (χ3v) is 4.17. The van der Waals surface area contributed by atoms with Gasteiger partial charge in [0.25, 0.3) is 5.91 Å². The fraction of sp³-hybridized carbons (Fsp3) is 0.389. The zero-order chi connectivity index (χ0) is 16.6. The first kappa shape index (κ1) is 15.5. The summed E-state index contributed by atoms with van der Waals surface area (Å²) in [5, 5.41) is 0. The first-order valence-corrected chi connectivity index (χ1v) is 7.68. The van der Waals surface area contributed by atoms with Crippen LogP contribution in [0.5, 0.6) is 11.5 Å². The Hall–Kier alpha value is -2.43. The molecule has 1 aromatic heterocycles. The van der Waals surface area contributed by atoms with Crippen LogP contribution in [-0.2, 0) is 0 Å². The molecule has 0 saturated carbocycles. The highest BCUT2D eigenvalue weighted by Crippen LogP contribution is 2.31. The van der Waals surface area contributed by atoms with Crippen molar-refractivity contribution in [2.75, 3.05) is 20.2 Å². The van der Waals surface area contributed by atoms with E-state index in [1.54, 1.807) is 11.9 Å². The van der Waals surface area contributed by atoms with Crippen LogP contribution in [0.2, 0.25) is 0 Å². The molecule has 1 atom stereocenters. The topological polar surface area (TPSA) is 51.9 Å². The Balaban J connectivity index is 1.70. The molecule has 0 saturated heterocycles. The minimum Gasteiger partial charge on any atom is -0.486 e. The van der Waals surface area contributed by atoms with E-state index < -0.39 is 0 Å². The van der Waals surface area contributed by atoms with E-state index in [-0.39, 0.29) is 12.0 Å². The Bertz CT molecular complexity index is 735. The van der Waals surface area contributed by atoms with Crippen LogP contribution >= 0.6 is 0 Å². The van der Waals surface area contributed by atoms with Crippen LogP contribution in [0.4, 0.5) is 0 Å². The van der Waals surface area contributed by atoms with Gasteiger partial charge in [-0.3, -0.25) is 4.79 Å². The number of likely N-dealkylation sites (N-methyl/N-ethyl adjacent to an activating group) is 1. The molecule has 0 aliphatic carbocycles.